The molecular formula is C24H22N4O2S2. The van der Waals surface area contributed by atoms with E-state index in [-0.39, 0.29) is 24.1 Å². The SMILES string of the molecule is Cc1cccc(C)c1NC(=O)CNC(=O)CSc1ncnc2sc(-c3ccccc3)cc12. The number of thiophene rings is 1. The third-order valence-corrected chi connectivity index (χ3v) is 6.98. The van der Waals surface area contributed by atoms with Gasteiger partial charge in [-0.2, -0.15) is 0 Å². The highest BCUT2D eigenvalue weighted by Gasteiger charge is 2.13. The Kier molecular flexibility index (Phi) is 6.82. The minimum absolute atomic E-state index is 0.0804. The van der Waals surface area contributed by atoms with Crippen LogP contribution < -0.4 is 10.6 Å². The van der Waals surface area contributed by atoms with E-state index in [1.54, 1.807) is 11.3 Å². The lowest BCUT2D eigenvalue weighted by Crippen LogP contribution is -2.34. The van der Waals surface area contributed by atoms with Crippen molar-refractivity contribution in [1.82, 2.24) is 15.3 Å². The number of anilines is 1. The van der Waals surface area contributed by atoms with Crippen LogP contribution in [0.5, 0.6) is 0 Å². The van der Waals surface area contributed by atoms with Gasteiger partial charge in [0.1, 0.15) is 16.2 Å². The molecule has 2 amide bonds. The van der Waals surface area contributed by atoms with Crippen LogP contribution in [0.3, 0.4) is 0 Å². The number of thioether (sulfide) groups is 1. The molecular weight excluding hydrogens is 440 g/mol. The van der Waals surface area contributed by atoms with E-state index in [1.165, 1.54) is 18.1 Å². The topological polar surface area (TPSA) is 84.0 Å². The number of aryl methyl sites for hydroxylation is 2. The normalized spacial score (nSPS) is 10.8. The predicted molar refractivity (Wildman–Crippen MR) is 131 cm³/mol. The van der Waals surface area contributed by atoms with Crippen LogP contribution in [0.2, 0.25) is 0 Å². The van der Waals surface area contributed by atoms with Gasteiger partial charge in [0, 0.05) is 16.0 Å². The number of benzene rings is 2. The second kappa shape index (κ2) is 9.93. The quantitative estimate of drug-likeness (QED) is 0.304. The van der Waals surface area contributed by atoms with Crippen LogP contribution in [0.4, 0.5) is 5.69 Å². The molecule has 0 unspecified atom stereocenters. The van der Waals surface area contributed by atoms with Gasteiger partial charge in [0.2, 0.25) is 11.8 Å². The first-order valence-electron chi connectivity index (χ1n) is 10.1. The van der Waals surface area contributed by atoms with Crippen molar-refractivity contribution in [3.63, 3.8) is 0 Å². The predicted octanol–water partition coefficient (Wildman–Crippen LogP) is 4.82. The van der Waals surface area contributed by atoms with Crippen LogP contribution in [0, 0.1) is 13.8 Å². The first kappa shape index (κ1) is 22.0. The summed E-state index contributed by atoms with van der Waals surface area (Å²) in [4.78, 5) is 35.3. The molecule has 6 nitrogen and oxygen atoms in total. The number of hydrogen-bond acceptors (Lipinski definition) is 6. The fourth-order valence-corrected chi connectivity index (χ4v) is 5.12. The molecule has 0 atom stereocenters. The zero-order valence-electron chi connectivity index (χ0n) is 17.7. The van der Waals surface area contributed by atoms with Gasteiger partial charge in [0.25, 0.3) is 0 Å². The Morgan fingerprint density at radius 2 is 1.72 bits per heavy atom. The molecule has 2 aromatic carbocycles. The summed E-state index contributed by atoms with van der Waals surface area (Å²) in [7, 11) is 0. The van der Waals surface area contributed by atoms with Crippen LogP contribution in [0.15, 0.2) is 66.0 Å². The molecule has 2 aromatic heterocycles. The number of nitrogens with one attached hydrogen (secondary N) is 2. The maximum absolute atomic E-state index is 12.3. The second-order valence-corrected chi connectivity index (χ2v) is 9.25. The molecule has 0 aliphatic heterocycles. The number of carbonyl (C=O) groups is 2. The second-order valence-electron chi connectivity index (χ2n) is 7.25. The van der Waals surface area contributed by atoms with Crippen LogP contribution in [0.1, 0.15) is 11.1 Å². The lowest BCUT2D eigenvalue weighted by molar-refractivity contribution is -0.122. The highest BCUT2D eigenvalue weighted by molar-refractivity contribution is 8.00. The molecule has 0 radical (unpaired) electrons. The fraction of sp³-hybridized carbons (Fsp3) is 0.167. The van der Waals surface area contributed by atoms with Gasteiger partial charge in [0.15, 0.2) is 0 Å². The number of carbonyl (C=O) groups excluding carboxylic acids is 2. The van der Waals surface area contributed by atoms with E-state index in [2.05, 4.69) is 38.8 Å². The number of rotatable bonds is 7. The van der Waals surface area contributed by atoms with E-state index >= 15 is 0 Å². The van der Waals surface area contributed by atoms with Gasteiger partial charge in [-0.25, -0.2) is 9.97 Å². The van der Waals surface area contributed by atoms with Crippen LogP contribution in [-0.4, -0.2) is 34.1 Å². The molecule has 0 fully saturated rings. The van der Waals surface area contributed by atoms with Gasteiger partial charge >= 0.3 is 0 Å². The standard InChI is InChI=1S/C24H22N4O2S2/c1-15-7-6-8-16(2)22(15)28-20(29)12-25-21(30)13-31-23-18-11-19(17-9-4-3-5-10-17)32-24(18)27-14-26-23/h3-11,14H,12-13H2,1-2H3,(H,25,30)(H,28,29). The Morgan fingerprint density at radius 1 is 0.969 bits per heavy atom. The maximum Gasteiger partial charge on any atom is 0.243 e. The average Bonchev–Trinajstić information content (AvgIpc) is 3.24. The summed E-state index contributed by atoms with van der Waals surface area (Å²) < 4.78 is 0. The lowest BCUT2D eigenvalue weighted by Gasteiger charge is -2.11. The third-order valence-electron chi connectivity index (χ3n) is 4.88. The van der Waals surface area contributed by atoms with Crippen molar-refractivity contribution in [2.45, 2.75) is 18.9 Å². The molecule has 162 valence electrons. The van der Waals surface area contributed by atoms with Crippen molar-refractivity contribution in [3.8, 4) is 10.4 Å². The smallest absolute Gasteiger partial charge is 0.243 e. The number of para-hydroxylation sites is 1. The van der Waals surface area contributed by atoms with Crippen molar-refractivity contribution in [3.05, 3.63) is 72.1 Å². The monoisotopic (exact) mass is 462 g/mol. The summed E-state index contributed by atoms with van der Waals surface area (Å²) in [5.74, 6) is -0.313. The average molecular weight is 463 g/mol. The number of fused-ring (bicyclic) bond motifs is 1. The lowest BCUT2D eigenvalue weighted by atomic mass is 10.1. The van der Waals surface area contributed by atoms with Crippen molar-refractivity contribution in [1.29, 1.82) is 0 Å². The van der Waals surface area contributed by atoms with E-state index in [0.717, 1.165) is 42.5 Å². The van der Waals surface area contributed by atoms with Crippen molar-refractivity contribution in [2.75, 3.05) is 17.6 Å². The largest absolute Gasteiger partial charge is 0.346 e. The maximum atomic E-state index is 12.3. The Labute approximate surface area is 194 Å². The highest BCUT2D eigenvalue weighted by Crippen LogP contribution is 2.35. The summed E-state index contributed by atoms with van der Waals surface area (Å²) in [6.07, 6.45) is 1.52. The molecule has 2 N–H and O–H groups in total. The van der Waals surface area contributed by atoms with Crippen LogP contribution >= 0.6 is 23.1 Å². The first-order valence-corrected chi connectivity index (χ1v) is 11.9. The minimum Gasteiger partial charge on any atom is -0.346 e. The van der Waals surface area contributed by atoms with E-state index in [1.807, 2.05) is 50.2 Å². The molecule has 2 heterocycles. The molecule has 32 heavy (non-hydrogen) atoms. The Balaban J connectivity index is 1.35. The highest BCUT2D eigenvalue weighted by atomic mass is 32.2. The minimum atomic E-state index is -0.254. The van der Waals surface area contributed by atoms with Gasteiger partial charge in [-0.3, -0.25) is 9.59 Å². The molecule has 0 bridgehead atoms. The number of amides is 2. The Morgan fingerprint density at radius 3 is 2.47 bits per heavy atom. The summed E-state index contributed by atoms with van der Waals surface area (Å²) >= 11 is 2.94. The molecule has 0 aliphatic carbocycles. The molecule has 0 aliphatic rings. The van der Waals surface area contributed by atoms with Crippen molar-refractivity contribution < 1.29 is 9.59 Å². The fourth-order valence-electron chi connectivity index (χ4n) is 3.25. The van der Waals surface area contributed by atoms with Gasteiger partial charge in [-0.15, -0.1) is 11.3 Å². The Bertz CT molecular complexity index is 1250. The van der Waals surface area contributed by atoms with E-state index < -0.39 is 0 Å². The summed E-state index contributed by atoms with van der Waals surface area (Å²) in [6, 6.07) is 18.0. The van der Waals surface area contributed by atoms with Gasteiger partial charge in [-0.1, -0.05) is 60.3 Å². The zero-order valence-corrected chi connectivity index (χ0v) is 19.3. The van der Waals surface area contributed by atoms with Gasteiger partial charge in [0.05, 0.1) is 12.3 Å². The van der Waals surface area contributed by atoms with Crippen molar-refractivity contribution >= 4 is 50.8 Å². The molecule has 4 aromatic rings. The van der Waals surface area contributed by atoms with Gasteiger partial charge < -0.3 is 10.6 Å². The summed E-state index contributed by atoms with van der Waals surface area (Å²) in [5.41, 5.74) is 3.88. The van der Waals surface area contributed by atoms with Crippen molar-refractivity contribution in [2.24, 2.45) is 0 Å². The third kappa shape index (κ3) is 5.15. The van der Waals surface area contributed by atoms with E-state index in [9.17, 15) is 9.59 Å². The molecule has 0 saturated carbocycles. The van der Waals surface area contributed by atoms with E-state index in [4.69, 9.17) is 0 Å². The van der Waals surface area contributed by atoms with E-state index in [0.29, 0.717) is 0 Å². The molecule has 8 heteroatoms. The van der Waals surface area contributed by atoms with Gasteiger partial charge in [-0.05, 0) is 36.6 Å². The van der Waals surface area contributed by atoms with Crippen LogP contribution in [0.25, 0.3) is 20.7 Å². The molecule has 4 rings (SSSR count). The van der Waals surface area contributed by atoms with Crippen LogP contribution in [-0.2, 0) is 9.59 Å². The first-order chi connectivity index (χ1) is 15.5. The Hall–Kier alpha value is -3.23. The summed E-state index contributed by atoms with van der Waals surface area (Å²) in [5, 5.41) is 7.23. The molecule has 0 spiro atoms. The number of nitrogens with zero attached hydrogens (tertiary/aromatic N) is 2. The summed E-state index contributed by atoms with van der Waals surface area (Å²) in [6.45, 7) is 3.80. The zero-order chi connectivity index (χ0) is 22.5. The number of aromatic nitrogens is 2. The molecule has 0 saturated heterocycles. The number of hydrogen-bond donors (Lipinski definition) is 2.